The number of anilines is 2. The van der Waals surface area contributed by atoms with E-state index in [1.165, 1.54) is 12.4 Å². The number of hydrogen-bond donors (Lipinski definition) is 4. The lowest BCUT2D eigenvalue weighted by Crippen LogP contribution is -2.10. The number of benzene rings is 1. The van der Waals surface area contributed by atoms with Gasteiger partial charge in [-0.3, -0.25) is 15.0 Å². The second-order valence-corrected chi connectivity index (χ2v) is 5.20. The zero-order valence-corrected chi connectivity index (χ0v) is 12.2. The standard InChI is InChI=1S/C14H13N5O2S/c15-7-17-8-18-9-1-3-10(4-2-9)19-14(21)12-6-5-11(22-12)13(16)20/h1-8H,(H2,16,20)(H,19,21)(H2,15,17,18). The number of nitrogens with two attached hydrogens (primary N) is 1. The number of nitrogens with one attached hydrogen (secondary N) is 3. The van der Waals surface area contributed by atoms with Crippen LogP contribution in [0.15, 0.2) is 41.4 Å². The Labute approximate surface area is 130 Å². The number of rotatable bonds is 6. The van der Waals surface area contributed by atoms with Crippen molar-refractivity contribution < 1.29 is 9.59 Å². The maximum Gasteiger partial charge on any atom is 0.265 e. The molecule has 22 heavy (non-hydrogen) atoms. The predicted octanol–water partition coefficient (Wildman–Crippen LogP) is 2.15. The molecule has 0 bridgehead atoms. The van der Waals surface area contributed by atoms with E-state index in [1.807, 2.05) is 0 Å². The Hall–Kier alpha value is -3.00. The Balaban J connectivity index is 2.00. The molecule has 0 aliphatic rings. The number of hydrogen-bond acceptors (Lipinski definition) is 4. The van der Waals surface area contributed by atoms with E-state index in [0.717, 1.165) is 23.4 Å². The zero-order valence-electron chi connectivity index (χ0n) is 11.4. The molecule has 0 fully saturated rings. The van der Waals surface area contributed by atoms with Crippen LogP contribution in [0.5, 0.6) is 0 Å². The molecular weight excluding hydrogens is 302 g/mol. The van der Waals surface area contributed by atoms with E-state index in [4.69, 9.17) is 11.1 Å². The molecule has 2 amide bonds. The highest BCUT2D eigenvalue weighted by Crippen LogP contribution is 2.19. The van der Waals surface area contributed by atoms with Gasteiger partial charge >= 0.3 is 0 Å². The summed E-state index contributed by atoms with van der Waals surface area (Å²) in [6.45, 7) is 0. The molecule has 2 aromatic rings. The van der Waals surface area contributed by atoms with Gasteiger partial charge in [0.2, 0.25) is 0 Å². The molecule has 0 aliphatic carbocycles. The molecule has 0 unspecified atom stereocenters. The largest absolute Gasteiger partial charge is 0.365 e. The molecule has 5 N–H and O–H groups in total. The summed E-state index contributed by atoms with van der Waals surface area (Å²) in [4.78, 5) is 27.4. The summed E-state index contributed by atoms with van der Waals surface area (Å²) in [5, 5.41) is 12.3. The van der Waals surface area contributed by atoms with Crippen molar-refractivity contribution in [3.8, 4) is 0 Å². The van der Waals surface area contributed by atoms with Gasteiger partial charge in [0, 0.05) is 11.4 Å². The second kappa shape index (κ2) is 7.14. The fourth-order valence-electron chi connectivity index (χ4n) is 1.58. The molecular formula is C14H13N5O2S. The summed E-state index contributed by atoms with van der Waals surface area (Å²) >= 11 is 1.05. The predicted molar refractivity (Wildman–Crippen MR) is 88.1 cm³/mol. The maximum absolute atomic E-state index is 12.0. The summed E-state index contributed by atoms with van der Waals surface area (Å²) in [7, 11) is 0. The van der Waals surface area contributed by atoms with Gasteiger partial charge in [0.1, 0.15) is 6.34 Å². The molecule has 7 nitrogen and oxygen atoms in total. The zero-order chi connectivity index (χ0) is 15.9. The summed E-state index contributed by atoms with van der Waals surface area (Å²) in [5.74, 6) is -0.852. The molecule has 1 heterocycles. The second-order valence-electron chi connectivity index (χ2n) is 4.11. The number of primary amides is 1. The fourth-order valence-corrected chi connectivity index (χ4v) is 2.34. The van der Waals surface area contributed by atoms with Crippen LogP contribution in [0, 0.1) is 5.41 Å². The number of carbonyl (C=O) groups is 2. The Morgan fingerprint density at radius 1 is 1.09 bits per heavy atom. The minimum Gasteiger partial charge on any atom is -0.365 e. The monoisotopic (exact) mass is 315 g/mol. The molecule has 0 spiro atoms. The fraction of sp³-hybridized carbons (Fsp3) is 0. The minimum atomic E-state index is -0.550. The molecule has 1 aromatic heterocycles. The minimum absolute atomic E-state index is 0.302. The van der Waals surface area contributed by atoms with Crippen LogP contribution in [-0.4, -0.2) is 24.5 Å². The first kappa shape index (κ1) is 15.4. The van der Waals surface area contributed by atoms with Gasteiger partial charge in [-0.1, -0.05) is 0 Å². The van der Waals surface area contributed by atoms with Gasteiger partial charge in [-0.15, -0.1) is 11.3 Å². The third kappa shape index (κ3) is 4.00. The smallest absolute Gasteiger partial charge is 0.265 e. The molecule has 0 radical (unpaired) electrons. The molecule has 0 saturated carbocycles. The first-order valence-electron chi connectivity index (χ1n) is 6.18. The highest BCUT2D eigenvalue weighted by Gasteiger charge is 2.11. The van der Waals surface area contributed by atoms with Crippen LogP contribution in [-0.2, 0) is 0 Å². The SMILES string of the molecule is N=C/N=C\Nc1ccc(NC(=O)c2ccc(C(N)=O)s2)cc1. The van der Waals surface area contributed by atoms with Crippen LogP contribution in [0.4, 0.5) is 11.4 Å². The van der Waals surface area contributed by atoms with Crippen LogP contribution < -0.4 is 16.4 Å². The van der Waals surface area contributed by atoms with Crippen LogP contribution >= 0.6 is 11.3 Å². The maximum atomic E-state index is 12.0. The first-order chi connectivity index (χ1) is 10.6. The van der Waals surface area contributed by atoms with Crippen molar-refractivity contribution >= 4 is 47.2 Å². The molecule has 8 heteroatoms. The van der Waals surface area contributed by atoms with Crippen LogP contribution in [0.2, 0.25) is 0 Å². The van der Waals surface area contributed by atoms with E-state index in [0.29, 0.717) is 15.4 Å². The van der Waals surface area contributed by atoms with Gasteiger partial charge < -0.3 is 16.4 Å². The van der Waals surface area contributed by atoms with Crippen molar-refractivity contribution in [2.75, 3.05) is 10.6 Å². The number of carbonyl (C=O) groups excluding carboxylic acids is 2. The van der Waals surface area contributed by atoms with E-state index in [-0.39, 0.29) is 5.91 Å². The molecule has 0 atom stereocenters. The number of nitrogens with zero attached hydrogens (tertiary/aromatic N) is 1. The highest BCUT2D eigenvalue weighted by atomic mass is 32.1. The average Bonchev–Trinajstić information content (AvgIpc) is 2.99. The number of thiophene rings is 1. The quantitative estimate of drug-likeness (QED) is 0.482. The number of aliphatic imine (C=N–C) groups is 1. The van der Waals surface area contributed by atoms with Gasteiger partial charge in [0.05, 0.1) is 16.1 Å². The third-order valence-corrected chi connectivity index (χ3v) is 3.69. The Bertz CT molecular complexity index is 721. The van der Waals surface area contributed by atoms with Crippen molar-refractivity contribution in [3.05, 3.63) is 46.2 Å². The van der Waals surface area contributed by atoms with E-state index in [9.17, 15) is 9.59 Å². The van der Waals surface area contributed by atoms with E-state index in [2.05, 4.69) is 15.6 Å². The molecule has 1 aromatic carbocycles. The normalized spacial score (nSPS) is 10.4. The number of amides is 2. The Kier molecular flexibility index (Phi) is 4.99. The van der Waals surface area contributed by atoms with Gasteiger partial charge in [-0.05, 0) is 36.4 Å². The Morgan fingerprint density at radius 2 is 1.73 bits per heavy atom. The van der Waals surface area contributed by atoms with Gasteiger partial charge in [-0.25, -0.2) is 4.99 Å². The van der Waals surface area contributed by atoms with Gasteiger partial charge in [-0.2, -0.15) is 0 Å². The highest BCUT2D eigenvalue weighted by molar-refractivity contribution is 7.16. The molecule has 0 aliphatic heterocycles. The Morgan fingerprint density at radius 3 is 2.32 bits per heavy atom. The van der Waals surface area contributed by atoms with Crippen molar-refractivity contribution in [2.24, 2.45) is 10.7 Å². The summed E-state index contributed by atoms with van der Waals surface area (Å²) in [5.41, 5.74) is 6.55. The summed E-state index contributed by atoms with van der Waals surface area (Å²) in [6.07, 6.45) is 2.31. The molecule has 112 valence electrons. The van der Waals surface area contributed by atoms with Crippen LogP contribution in [0.3, 0.4) is 0 Å². The summed E-state index contributed by atoms with van der Waals surface area (Å²) in [6, 6.07) is 10.0. The lowest BCUT2D eigenvalue weighted by molar-refractivity contribution is 0.100. The summed E-state index contributed by atoms with van der Waals surface area (Å²) < 4.78 is 0. The lowest BCUT2D eigenvalue weighted by atomic mass is 10.2. The van der Waals surface area contributed by atoms with Crippen molar-refractivity contribution in [3.63, 3.8) is 0 Å². The average molecular weight is 315 g/mol. The van der Waals surface area contributed by atoms with Crippen LogP contribution in [0.25, 0.3) is 0 Å². The van der Waals surface area contributed by atoms with Gasteiger partial charge in [0.15, 0.2) is 0 Å². The lowest BCUT2D eigenvalue weighted by Gasteiger charge is -2.05. The first-order valence-corrected chi connectivity index (χ1v) is 7.00. The molecule has 2 rings (SSSR count). The van der Waals surface area contributed by atoms with E-state index >= 15 is 0 Å². The third-order valence-electron chi connectivity index (χ3n) is 2.60. The molecule has 0 saturated heterocycles. The van der Waals surface area contributed by atoms with Crippen molar-refractivity contribution in [2.45, 2.75) is 0 Å². The topological polar surface area (TPSA) is 120 Å². The van der Waals surface area contributed by atoms with Gasteiger partial charge in [0.25, 0.3) is 11.8 Å². The van der Waals surface area contributed by atoms with Crippen molar-refractivity contribution in [1.29, 1.82) is 5.41 Å². The van der Waals surface area contributed by atoms with E-state index < -0.39 is 5.91 Å². The van der Waals surface area contributed by atoms with E-state index in [1.54, 1.807) is 30.3 Å². The van der Waals surface area contributed by atoms with Crippen LogP contribution in [0.1, 0.15) is 19.3 Å². The van der Waals surface area contributed by atoms with Crippen molar-refractivity contribution in [1.82, 2.24) is 0 Å².